The molecule has 4 rings (SSSR count). The average Bonchev–Trinajstić information content (AvgIpc) is 3.26. The van der Waals surface area contributed by atoms with Crippen molar-refractivity contribution in [1.82, 2.24) is 10.0 Å². The van der Waals surface area contributed by atoms with Crippen molar-refractivity contribution in [3.05, 3.63) is 94.2 Å². The summed E-state index contributed by atoms with van der Waals surface area (Å²) in [5, 5.41) is 23.9. The van der Waals surface area contributed by atoms with Crippen LogP contribution in [0.1, 0.15) is 35.6 Å². The second-order valence-electron chi connectivity index (χ2n) is 9.78. The van der Waals surface area contributed by atoms with E-state index in [4.69, 9.17) is 21.1 Å². The zero-order chi connectivity index (χ0) is 31.0. The van der Waals surface area contributed by atoms with Crippen LogP contribution in [0.3, 0.4) is 0 Å². The number of amides is 2. The first-order chi connectivity index (χ1) is 20.5. The van der Waals surface area contributed by atoms with Crippen LogP contribution in [0, 0.1) is 5.21 Å². The zero-order valence-corrected chi connectivity index (χ0v) is 25.7. The Labute approximate surface area is 259 Å². The van der Waals surface area contributed by atoms with Gasteiger partial charge in [0.2, 0.25) is 15.9 Å². The van der Waals surface area contributed by atoms with E-state index in [0.29, 0.717) is 60.6 Å². The molecule has 1 aliphatic heterocycles. The average molecular weight is 650 g/mol. The van der Waals surface area contributed by atoms with Crippen molar-refractivity contribution < 1.29 is 36.9 Å². The maximum Gasteiger partial charge on any atom is 0.359 e. The summed E-state index contributed by atoms with van der Waals surface area (Å²) in [5.41, 5.74) is 1.04. The monoisotopic (exact) mass is 649 g/mol. The molecule has 3 unspecified atom stereocenters. The number of rotatable bonds is 14. The number of hydrogen-bond acceptors (Lipinski definition) is 9. The van der Waals surface area contributed by atoms with Crippen molar-refractivity contribution in [2.45, 2.75) is 41.9 Å². The number of carbonyl (C=O) groups excluding carboxylic acids is 2. The van der Waals surface area contributed by atoms with Gasteiger partial charge in [0.1, 0.15) is 34.7 Å². The first kappa shape index (κ1) is 32.7. The van der Waals surface area contributed by atoms with Crippen LogP contribution in [0.25, 0.3) is 0 Å². The van der Waals surface area contributed by atoms with E-state index in [0.717, 1.165) is 0 Å². The van der Waals surface area contributed by atoms with E-state index >= 15 is 0 Å². The molecule has 43 heavy (non-hydrogen) atoms. The minimum atomic E-state index is -4.03. The molecule has 0 saturated carbocycles. The molecular weight excluding hydrogens is 618 g/mol. The van der Waals surface area contributed by atoms with Crippen LogP contribution < -0.4 is 19.5 Å². The fourth-order valence-corrected chi connectivity index (χ4v) is 7.08. The number of sulfonamides is 1. The topological polar surface area (TPSA) is 154 Å². The van der Waals surface area contributed by atoms with Gasteiger partial charge in [-0.25, -0.2) is 13.2 Å². The molecule has 1 fully saturated rings. The van der Waals surface area contributed by atoms with E-state index in [1.165, 1.54) is 12.1 Å². The number of halogens is 1. The van der Waals surface area contributed by atoms with Crippen molar-refractivity contribution in [2.75, 3.05) is 20.3 Å². The van der Waals surface area contributed by atoms with Crippen LogP contribution in [0.15, 0.2) is 77.7 Å². The van der Waals surface area contributed by atoms with Gasteiger partial charge in [0.05, 0.1) is 25.0 Å². The molecule has 0 radical (unpaired) electrons. The highest BCUT2D eigenvalue weighted by molar-refractivity contribution is 7.94. The van der Waals surface area contributed by atoms with Crippen molar-refractivity contribution in [3.63, 3.8) is 0 Å². The maximum absolute atomic E-state index is 13.2. The SMILES string of the molecule is COc1cccc(OCCCCNC(=O)C(Cc2ccc(C3CC(=O)[N+]([O-])(O)S3)c(Cl)c2)NS(=O)(=O)c2ccccc2)c1. The van der Waals surface area contributed by atoms with Crippen molar-refractivity contribution in [3.8, 4) is 11.5 Å². The lowest BCUT2D eigenvalue weighted by molar-refractivity contribution is -0.880. The third kappa shape index (κ3) is 8.92. The van der Waals surface area contributed by atoms with Crippen LogP contribution in [0.4, 0.5) is 0 Å². The Bertz CT molecular complexity index is 1540. The van der Waals surface area contributed by atoms with Gasteiger partial charge < -0.3 is 20.0 Å². The van der Waals surface area contributed by atoms with Gasteiger partial charge in [0.15, 0.2) is 0 Å². The van der Waals surface area contributed by atoms with E-state index in [1.54, 1.807) is 49.6 Å². The van der Waals surface area contributed by atoms with Gasteiger partial charge in [-0.1, -0.05) is 52.2 Å². The lowest BCUT2D eigenvalue weighted by Gasteiger charge is -2.22. The molecule has 11 nitrogen and oxygen atoms in total. The van der Waals surface area contributed by atoms with Gasteiger partial charge in [-0.2, -0.15) is 9.93 Å². The van der Waals surface area contributed by atoms with Gasteiger partial charge in [-0.15, -0.1) is 0 Å². The lowest BCUT2D eigenvalue weighted by Crippen LogP contribution is -2.48. The molecule has 2 amide bonds. The number of benzene rings is 3. The van der Waals surface area contributed by atoms with Crippen LogP contribution >= 0.6 is 23.5 Å². The molecule has 3 aromatic rings. The predicted molar refractivity (Wildman–Crippen MR) is 162 cm³/mol. The second kappa shape index (κ2) is 14.5. The molecule has 3 aromatic carbocycles. The number of hydrogen-bond donors (Lipinski definition) is 3. The van der Waals surface area contributed by atoms with Gasteiger partial charge in [0, 0.05) is 17.6 Å². The molecule has 0 aromatic heterocycles. The number of nitrogens with zero attached hydrogens (tertiary/aromatic N) is 1. The number of methoxy groups -OCH3 is 1. The first-order valence-electron chi connectivity index (χ1n) is 13.4. The standard InChI is InChI=1S/C29H32ClN3O8S2/c1-40-21-8-7-9-22(18-21)41-15-6-5-14-31-29(35)26(32-43(38,39)23-10-3-2-4-11-23)17-20-12-13-24(25(30)16-20)27-19-28(34)33(36,37)42-27/h2-4,7-13,16,18,26-27,32,36H,5-6,14-15,17,19H2,1H3,(H,31,35). The van der Waals surface area contributed by atoms with Gasteiger partial charge in [0.25, 0.3) is 0 Å². The van der Waals surface area contributed by atoms with E-state index in [2.05, 4.69) is 10.0 Å². The quantitative estimate of drug-likeness (QED) is 0.0751. The van der Waals surface area contributed by atoms with Crippen LogP contribution in [0.5, 0.6) is 11.5 Å². The highest BCUT2D eigenvalue weighted by Gasteiger charge is 2.44. The van der Waals surface area contributed by atoms with Gasteiger partial charge in [-0.3, -0.25) is 4.79 Å². The highest BCUT2D eigenvalue weighted by Crippen LogP contribution is 2.47. The number of ether oxygens (including phenoxy) is 2. The van der Waals surface area contributed by atoms with Crippen molar-refractivity contribution in [2.24, 2.45) is 0 Å². The summed E-state index contributed by atoms with van der Waals surface area (Å²) < 4.78 is 37.6. The molecule has 230 valence electrons. The predicted octanol–water partition coefficient (Wildman–Crippen LogP) is 4.54. The largest absolute Gasteiger partial charge is 0.579 e. The van der Waals surface area contributed by atoms with Crippen LogP contribution in [0.2, 0.25) is 5.02 Å². The Kier molecular flexibility index (Phi) is 11.1. The Morgan fingerprint density at radius 1 is 1.12 bits per heavy atom. The Balaban J connectivity index is 1.39. The summed E-state index contributed by atoms with van der Waals surface area (Å²) in [6, 6.07) is 18.6. The third-order valence-corrected chi connectivity index (χ3v) is 9.62. The summed E-state index contributed by atoms with van der Waals surface area (Å²) in [5.74, 6) is -0.0383. The molecule has 3 atom stereocenters. The smallest absolute Gasteiger partial charge is 0.359 e. The van der Waals surface area contributed by atoms with Crippen LogP contribution in [-0.4, -0.2) is 56.0 Å². The summed E-state index contributed by atoms with van der Waals surface area (Å²) in [6.07, 6.45) is 1.04. The van der Waals surface area contributed by atoms with E-state index in [-0.39, 0.29) is 22.8 Å². The molecule has 1 aliphatic rings. The highest BCUT2D eigenvalue weighted by atomic mass is 35.5. The Morgan fingerprint density at radius 3 is 2.53 bits per heavy atom. The summed E-state index contributed by atoms with van der Waals surface area (Å²) in [4.78, 5) is 25.0. The molecule has 1 saturated heterocycles. The number of quaternary nitrogens is 1. The van der Waals surface area contributed by atoms with Gasteiger partial charge in [-0.05, 0) is 60.7 Å². The number of carbonyl (C=O) groups is 2. The Morgan fingerprint density at radius 2 is 1.86 bits per heavy atom. The third-order valence-electron chi connectivity index (χ3n) is 6.64. The molecule has 0 aliphatic carbocycles. The number of nitrogens with one attached hydrogen (secondary N) is 2. The van der Waals surface area contributed by atoms with E-state index in [1.807, 2.05) is 18.2 Å². The maximum atomic E-state index is 13.2. The first-order valence-corrected chi connectivity index (χ1v) is 16.1. The second-order valence-corrected chi connectivity index (χ2v) is 13.2. The molecule has 1 heterocycles. The molecule has 0 bridgehead atoms. The minimum absolute atomic E-state index is 0.0158. The minimum Gasteiger partial charge on any atom is -0.579 e. The van der Waals surface area contributed by atoms with Crippen molar-refractivity contribution >= 4 is 45.4 Å². The van der Waals surface area contributed by atoms with Gasteiger partial charge >= 0.3 is 5.91 Å². The van der Waals surface area contributed by atoms with Crippen LogP contribution in [-0.2, 0) is 26.0 Å². The van der Waals surface area contributed by atoms with Crippen molar-refractivity contribution in [1.29, 1.82) is 0 Å². The number of unbranched alkanes of at least 4 members (excludes halogenated alkanes) is 1. The molecule has 14 heteroatoms. The summed E-state index contributed by atoms with van der Waals surface area (Å²) in [7, 11) is -2.45. The summed E-state index contributed by atoms with van der Waals surface area (Å²) in [6.45, 7) is 0.721. The molecular formula is C29H32ClN3O8S2. The fourth-order valence-electron chi connectivity index (χ4n) is 4.39. The Hall–Kier alpha value is -3.17. The zero-order valence-electron chi connectivity index (χ0n) is 23.3. The lowest BCUT2D eigenvalue weighted by atomic mass is 10.0. The fraction of sp³-hybridized carbons (Fsp3) is 0.310. The molecule has 0 spiro atoms. The van der Waals surface area contributed by atoms with E-state index in [9.17, 15) is 28.4 Å². The molecule has 3 N–H and O–H groups in total. The normalized spacial score (nSPS) is 19.2. The van der Waals surface area contributed by atoms with E-state index < -0.39 is 37.3 Å². The number of hydroxylamine groups is 2. The summed E-state index contributed by atoms with van der Waals surface area (Å²) >= 11 is 6.98.